The van der Waals surface area contributed by atoms with Crippen LogP contribution in [0.1, 0.15) is 72.3 Å². The van der Waals surface area contributed by atoms with Crippen molar-refractivity contribution < 1.29 is 31.8 Å². The first kappa shape index (κ1) is 28.5. The van der Waals surface area contributed by atoms with Crippen molar-refractivity contribution in [3.63, 3.8) is 0 Å². The van der Waals surface area contributed by atoms with Crippen LogP contribution in [0.2, 0.25) is 0 Å². The van der Waals surface area contributed by atoms with E-state index in [1.54, 1.807) is 27.7 Å². The van der Waals surface area contributed by atoms with E-state index in [0.29, 0.717) is 0 Å². The molecule has 9 heteroatoms. The molecule has 0 aliphatic rings. The fraction of sp³-hybridized carbons (Fsp3) is 0.773. The van der Waals surface area contributed by atoms with Crippen LogP contribution in [0.5, 0.6) is 0 Å². The Labute approximate surface area is 188 Å². The first-order valence-corrected chi connectivity index (χ1v) is 14.9. The van der Waals surface area contributed by atoms with Crippen molar-refractivity contribution >= 4 is 15.2 Å². The zero-order chi connectivity index (χ0) is 23.2. The van der Waals surface area contributed by atoms with Gasteiger partial charge in [-0.2, -0.15) is 0 Å². The summed E-state index contributed by atoms with van der Waals surface area (Å²) in [6.45, 7) is 10.8. The molecule has 0 aliphatic heterocycles. The summed E-state index contributed by atoms with van der Waals surface area (Å²) >= 11 is 0. The minimum Gasteiger partial charge on any atom is -0.308 e. The number of aryl methyl sites for hydroxylation is 1. The van der Waals surface area contributed by atoms with Crippen LogP contribution in [0.25, 0.3) is 0 Å². The molecule has 0 spiro atoms. The Hall–Kier alpha value is -0.550. The Kier molecular flexibility index (Phi) is 14.1. The van der Waals surface area contributed by atoms with Crippen molar-refractivity contribution in [1.29, 1.82) is 0 Å². The molecule has 0 aliphatic carbocycles. The monoisotopic (exact) mass is 478 g/mol. The zero-order valence-electron chi connectivity index (χ0n) is 20.0. The Morgan fingerprint density at radius 1 is 0.806 bits per heavy atom. The van der Waals surface area contributed by atoms with Gasteiger partial charge in [-0.05, 0) is 40.2 Å². The summed E-state index contributed by atoms with van der Waals surface area (Å²) in [6, 6.07) is 3.89. The predicted octanol–water partition coefficient (Wildman–Crippen LogP) is 6.35. The van der Waals surface area contributed by atoms with E-state index in [2.05, 4.69) is 11.5 Å². The molecule has 7 nitrogen and oxygen atoms in total. The third-order valence-corrected chi connectivity index (χ3v) is 10.8. The molecule has 0 saturated carbocycles. The van der Waals surface area contributed by atoms with Gasteiger partial charge in [0.2, 0.25) is 0 Å². The molecule has 0 aromatic carbocycles. The lowest BCUT2D eigenvalue weighted by Gasteiger charge is -2.31. The molecule has 1 rings (SSSR count). The first-order chi connectivity index (χ1) is 14.9. The van der Waals surface area contributed by atoms with E-state index in [0.717, 1.165) is 18.5 Å². The number of hydrogen-bond donors (Lipinski definition) is 0. The molecule has 1 aromatic rings. The maximum Gasteiger partial charge on any atom is 0.346 e. The van der Waals surface area contributed by atoms with Gasteiger partial charge in [0.25, 0.3) is 0 Å². The highest BCUT2D eigenvalue weighted by Crippen LogP contribution is 2.71. The first-order valence-electron chi connectivity index (χ1n) is 11.6. The number of aromatic nitrogens is 1. The molecular weight excluding hydrogens is 436 g/mol. The van der Waals surface area contributed by atoms with Crippen LogP contribution >= 0.6 is 15.2 Å². The SMILES string of the molecule is CCCCCCC[n+]1cccc(CC(P(=O)(OCC)OCC)P(=O)(OCC)OCC)c1. The largest absolute Gasteiger partial charge is 0.346 e. The molecule has 0 amide bonds. The average Bonchev–Trinajstić information content (AvgIpc) is 2.73. The van der Waals surface area contributed by atoms with Crippen LogP contribution in [-0.2, 0) is 40.2 Å². The second-order valence-corrected chi connectivity index (χ2v) is 12.1. The summed E-state index contributed by atoms with van der Waals surface area (Å²) in [5.41, 5.74) is 0.889. The van der Waals surface area contributed by atoms with Crippen LogP contribution in [0, 0.1) is 0 Å². The number of unbranched alkanes of at least 4 members (excludes halogenated alkanes) is 4. The van der Waals surface area contributed by atoms with Gasteiger partial charge in [-0.25, -0.2) is 4.57 Å². The van der Waals surface area contributed by atoms with Gasteiger partial charge in [-0.3, -0.25) is 9.13 Å². The van der Waals surface area contributed by atoms with Crippen LogP contribution < -0.4 is 4.57 Å². The molecule has 0 fully saturated rings. The number of nitrogens with zero attached hydrogens (tertiary/aromatic N) is 1. The third kappa shape index (κ3) is 9.45. The Morgan fingerprint density at radius 3 is 1.81 bits per heavy atom. The standard InChI is InChI=1S/C22H42NO6P2/c1-6-11-12-13-14-17-23-18-15-16-21(20-23)19-22(30(24,26-7-2)27-8-3)31(25,28-9-4)29-10-5/h15-16,18,20,22H,6-14,17,19H2,1-5H3/q+1. The Morgan fingerprint density at radius 2 is 1.32 bits per heavy atom. The van der Waals surface area contributed by atoms with Crippen molar-refractivity contribution in [3.05, 3.63) is 30.1 Å². The number of hydrogen-bond acceptors (Lipinski definition) is 6. The maximum absolute atomic E-state index is 13.7. The van der Waals surface area contributed by atoms with Crippen LogP contribution in [0.15, 0.2) is 24.5 Å². The molecule has 1 heterocycles. The summed E-state index contributed by atoms with van der Waals surface area (Å²) < 4.78 is 51.8. The van der Waals surface area contributed by atoms with Crippen LogP contribution in [0.3, 0.4) is 0 Å². The van der Waals surface area contributed by atoms with Crippen molar-refractivity contribution in [2.24, 2.45) is 0 Å². The van der Waals surface area contributed by atoms with Gasteiger partial charge in [-0.15, -0.1) is 0 Å². The third-order valence-electron chi connectivity index (χ3n) is 4.82. The van der Waals surface area contributed by atoms with Crippen LogP contribution in [0.4, 0.5) is 0 Å². The van der Waals surface area contributed by atoms with Gasteiger partial charge < -0.3 is 18.1 Å². The quantitative estimate of drug-likeness (QED) is 0.139. The van der Waals surface area contributed by atoms with E-state index in [9.17, 15) is 9.13 Å². The van der Waals surface area contributed by atoms with Crippen molar-refractivity contribution in [1.82, 2.24) is 0 Å². The van der Waals surface area contributed by atoms with E-state index in [1.807, 2.05) is 24.5 Å². The molecule has 0 atom stereocenters. The van der Waals surface area contributed by atoms with E-state index >= 15 is 0 Å². The molecule has 0 N–H and O–H groups in total. The molecule has 180 valence electrons. The molecule has 0 unspecified atom stereocenters. The average molecular weight is 479 g/mol. The van der Waals surface area contributed by atoms with Gasteiger partial charge in [0.15, 0.2) is 17.8 Å². The van der Waals surface area contributed by atoms with Gasteiger partial charge in [-0.1, -0.05) is 26.2 Å². The predicted molar refractivity (Wildman–Crippen MR) is 125 cm³/mol. The van der Waals surface area contributed by atoms with E-state index in [4.69, 9.17) is 18.1 Å². The molecular formula is C22H42NO6P2+. The van der Waals surface area contributed by atoms with Gasteiger partial charge in [0, 0.05) is 24.5 Å². The molecule has 0 radical (unpaired) electrons. The highest BCUT2D eigenvalue weighted by Gasteiger charge is 2.50. The topological polar surface area (TPSA) is 74.9 Å². The van der Waals surface area contributed by atoms with Crippen molar-refractivity contribution in [3.8, 4) is 0 Å². The molecule has 0 saturated heterocycles. The maximum atomic E-state index is 13.7. The second-order valence-electron chi connectivity index (χ2n) is 7.30. The smallest absolute Gasteiger partial charge is 0.308 e. The van der Waals surface area contributed by atoms with E-state index in [-0.39, 0.29) is 32.8 Å². The summed E-state index contributed by atoms with van der Waals surface area (Å²) in [4.78, 5) is 0. The second kappa shape index (κ2) is 15.3. The van der Waals surface area contributed by atoms with E-state index < -0.39 is 20.6 Å². The zero-order valence-corrected chi connectivity index (χ0v) is 21.7. The lowest BCUT2D eigenvalue weighted by molar-refractivity contribution is -0.697. The Bertz CT molecular complexity index is 665. The van der Waals surface area contributed by atoms with Gasteiger partial charge in [0.05, 0.1) is 26.4 Å². The summed E-state index contributed by atoms with van der Waals surface area (Å²) in [6.07, 6.45) is 10.3. The number of pyridine rings is 1. The summed E-state index contributed by atoms with van der Waals surface area (Å²) in [5, 5.41) is -1.03. The fourth-order valence-corrected chi connectivity index (χ4v) is 8.81. The molecule has 0 bridgehead atoms. The molecule has 31 heavy (non-hydrogen) atoms. The molecule has 1 aromatic heterocycles. The fourth-order valence-electron chi connectivity index (χ4n) is 3.48. The van der Waals surface area contributed by atoms with E-state index in [1.165, 1.54) is 25.7 Å². The van der Waals surface area contributed by atoms with Gasteiger partial charge >= 0.3 is 15.2 Å². The van der Waals surface area contributed by atoms with Crippen molar-refractivity contribution in [2.45, 2.75) is 85.1 Å². The summed E-state index contributed by atoms with van der Waals surface area (Å²) in [5.74, 6) is 0. The normalized spacial score (nSPS) is 12.6. The number of rotatable bonds is 18. The highest BCUT2D eigenvalue weighted by molar-refractivity contribution is 7.72. The lowest BCUT2D eigenvalue weighted by atomic mass is 10.1. The van der Waals surface area contributed by atoms with Crippen LogP contribution in [-0.4, -0.2) is 31.8 Å². The summed E-state index contributed by atoms with van der Waals surface area (Å²) in [7, 11) is -7.49. The Balaban J connectivity index is 3.16. The minimum atomic E-state index is -3.75. The minimum absolute atomic E-state index is 0.179. The lowest BCUT2D eigenvalue weighted by Crippen LogP contribution is -2.33. The van der Waals surface area contributed by atoms with Crippen molar-refractivity contribution in [2.75, 3.05) is 26.4 Å². The van der Waals surface area contributed by atoms with Gasteiger partial charge in [0.1, 0.15) is 6.54 Å². The highest BCUT2D eigenvalue weighted by atomic mass is 31.2.